The summed E-state index contributed by atoms with van der Waals surface area (Å²) in [7, 11) is -4.15. The summed E-state index contributed by atoms with van der Waals surface area (Å²) in [4.78, 5) is 12.7. The van der Waals surface area contributed by atoms with Gasteiger partial charge in [0.15, 0.2) is 0 Å². The second-order valence-electron chi connectivity index (χ2n) is 8.08. The quantitative estimate of drug-likeness (QED) is 0.222. The Balaban J connectivity index is 1.65. The van der Waals surface area contributed by atoms with Crippen molar-refractivity contribution >= 4 is 43.4 Å². The standard InChI is InChI=1S/C22H25BrN6O5S/c1-17-3-4-20(29(30)31)14-22(17)35(32,33)28(7-2-6-26-9-11-34-12-10-26)25-16-18-15-24-27-8-5-19(23)13-21(18)27/h3-5,8,13-16H,2,6-7,9-12H2,1H3. The predicted octanol–water partition coefficient (Wildman–Crippen LogP) is 3.06. The van der Waals surface area contributed by atoms with Gasteiger partial charge >= 0.3 is 0 Å². The first kappa shape index (κ1) is 25.2. The zero-order valence-corrected chi connectivity index (χ0v) is 21.5. The van der Waals surface area contributed by atoms with Crippen LogP contribution in [-0.2, 0) is 14.8 Å². The number of morpholine rings is 1. The summed E-state index contributed by atoms with van der Waals surface area (Å²) >= 11 is 3.43. The van der Waals surface area contributed by atoms with E-state index in [9.17, 15) is 18.5 Å². The number of pyridine rings is 1. The van der Waals surface area contributed by atoms with E-state index in [-0.39, 0.29) is 17.1 Å². The Morgan fingerprint density at radius 2 is 2.06 bits per heavy atom. The Morgan fingerprint density at radius 3 is 2.80 bits per heavy atom. The number of hydrogen-bond acceptors (Lipinski definition) is 8. The average Bonchev–Trinajstić information content (AvgIpc) is 3.23. The minimum atomic E-state index is -4.15. The summed E-state index contributed by atoms with van der Waals surface area (Å²) < 4.78 is 36.1. The van der Waals surface area contributed by atoms with E-state index >= 15 is 0 Å². The monoisotopic (exact) mass is 564 g/mol. The van der Waals surface area contributed by atoms with Crippen LogP contribution in [0.5, 0.6) is 0 Å². The van der Waals surface area contributed by atoms with Crippen molar-refractivity contribution in [2.24, 2.45) is 5.10 Å². The molecule has 0 atom stereocenters. The molecule has 3 aromatic rings. The highest BCUT2D eigenvalue weighted by molar-refractivity contribution is 9.10. The van der Waals surface area contributed by atoms with Crippen molar-refractivity contribution in [1.82, 2.24) is 18.9 Å². The number of rotatable bonds is 9. The van der Waals surface area contributed by atoms with E-state index < -0.39 is 14.9 Å². The minimum Gasteiger partial charge on any atom is -0.379 e. The number of hydrogen-bond donors (Lipinski definition) is 0. The summed E-state index contributed by atoms with van der Waals surface area (Å²) in [6, 6.07) is 7.51. The van der Waals surface area contributed by atoms with Crippen molar-refractivity contribution in [3.05, 3.63) is 68.4 Å². The Bertz CT molecular complexity index is 1350. The molecule has 1 aliphatic heterocycles. The topological polar surface area (TPSA) is 123 Å². The van der Waals surface area contributed by atoms with Crippen LogP contribution in [0.25, 0.3) is 5.52 Å². The molecule has 186 valence electrons. The van der Waals surface area contributed by atoms with E-state index in [0.29, 0.717) is 37.3 Å². The molecule has 13 heteroatoms. The van der Waals surface area contributed by atoms with Gasteiger partial charge in [-0.1, -0.05) is 22.0 Å². The van der Waals surface area contributed by atoms with Gasteiger partial charge in [0, 0.05) is 48.0 Å². The first-order valence-electron chi connectivity index (χ1n) is 11.0. The van der Waals surface area contributed by atoms with Crippen LogP contribution in [0.3, 0.4) is 0 Å². The number of halogens is 1. The van der Waals surface area contributed by atoms with Crippen LogP contribution >= 0.6 is 15.9 Å². The predicted molar refractivity (Wildman–Crippen MR) is 134 cm³/mol. The van der Waals surface area contributed by atoms with E-state index in [0.717, 1.165) is 33.6 Å². The highest BCUT2D eigenvalue weighted by atomic mass is 79.9. The highest BCUT2D eigenvalue weighted by Crippen LogP contribution is 2.25. The van der Waals surface area contributed by atoms with Crippen LogP contribution in [0.2, 0.25) is 0 Å². The first-order valence-corrected chi connectivity index (χ1v) is 13.2. The molecule has 1 saturated heterocycles. The van der Waals surface area contributed by atoms with Gasteiger partial charge in [-0.15, -0.1) is 0 Å². The van der Waals surface area contributed by atoms with Gasteiger partial charge < -0.3 is 4.74 Å². The van der Waals surface area contributed by atoms with Crippen LogP contribution in [0.1, 0.15) is 17.5 Å². The number of fused-ring (bicyclic) bond motifs is 1. The van der Waals surface area contributed by atoms with Crippen molar-refractivity contribution in [3.63, 3.8) is 0 Å². The maximum Gasteiger partial charge on any atom is 0.279 e. The Labute approximate surface area is 211 Å². The average molecular weight is 565 g/mol. The molecule has 1 aromatic carbocycles. The number of nitro groups is 1. The summed E-state index contributed by atoms with van der Waals surface area (Å²) in [5, 5.41) is 19.9. The van der Waals surface area contributed by atoms with Crippen molar-refractivity contribution in [2.45, 2.75) is 18.2 Å². The number of aromatic nitrogens is 2. The molecule has 2 aromatic heterocycles. The molecule has 0 saturated carbocycles. The van der Waals surface area contributed by atoms with Crippen LogP contribution in [0, 0.1) is 17.0 Å². The minimum absolute atomic E-state index is 0.112. The molecule has 1 aliphatic rings. The molecule has 1 fully saturated rings. The fraction of sp³-hybridized carbons (Fsp3) is 0.364. The molecule has 0 spiro atoms. The van der Waals surface area contributed by atoms with E-state index in [1.54, 1.807) is 23.8 Å². The lowest BCUT2D eigenvalue weighted by atomic mass is 10.2. The molecule has 3 heterocycles. The number of aryl methyl sites for hydroxylation is 1. The second-order valence-corrected chi connectivity index (χ2v) is 10.8. The molecular formula is C22H25BrN6O5S. The smallest absolute Gasteiger partial charge is 0.279 e. The maximum absolute atomic E-state index is 13.6. The van der Waals surface area contributed by atoms with Gasteiger partial charge in [0.2, 0.25) is 0 Å². The molecule has 0 radical (unpaired) electrons. The molecular weight excluding hydrogens is 540 g/mol. The molecule has 0 bridgehead atoms. The van der Waals surface area contributed by atoms with E-state index in [4.69, 9.17) is 4.74 Å². The van der Waals surface area contributed by atoms with E-state index in [1.807, 2.05) is 12.1 Å². The second kappa shape index (κ2) is 10.8. The number of benzene rings is 1. The lowest BCUT2D eigenvalue weighted by Gasteiger charge is -2.27. The SMILES string of the molecule is Cc1ccc([N+](=O)[O-])cc1S(=O)(=O)N(CCCN1CCOCC1)N=Cc1cnn2ccc(Br)cc12. The van der Waals surface area contributed by atoms with Crippen molar-refractivity contribution in [2.75, 3.05) is 39.4 Å². The number of nitro benzene ring substituents is 1. The van der Waals surface area contributed by atoms with Gasteiger partial charge in [-0.3, -0.25) is 15.0 Å². The Morgan fingerprint density at radius 1 is 1.29 bits per heavy atom. The van der Waals surface area contributed by atoms with Gasteiger partial charge in [0.1, 0.15) is 0 Å². The third kappa shape index (κ3) is 5.86. The zero-order valence-electron chi connectivity index (χ0n) is 19.1. The summed E-state index contributed by atoms with van der Waals surface area (Å²) in [6.45, 7) is 5.28. The first-order chi connectivity index (χ1) is 16.8. The number of sulfonamides is 1. The third-order valence-electron chi connectivity index (χ3n) is 5.70. The van der Waals surface area contributed by atoms with Gasteiger partial charge in [0.05, 0.1) is 47.5 Å². The Hall–Kier alpha value is -2.87. The fourth-order valence-electron chi connectivity index (χ4n) is 3.79. The molecule has 11 nitrogen and oxygen atoms in total. The lowest BCUT2D eigenvalue weighted by molar-refractivity contribution is -0.385. The van der Waals surface area contributed by atoms with Crippen LogP contribution in [-0.4, -0.2) is 77.9 Å². The van der Waals surface area contributed by atoms with Gasteiger partial charge in [-0.25, -0.2) is 4.52 Å². The molecule has 0 amide bonds. The van der Waals surface area contributed by atoms with E-state index in [1.165, 1.54) is 18.3 Å². The van der Waals surface area contributed by atoms with Gasteiger partial charge in [0.25, 0.3) is 15.7 Å². The third-order valence-corrected chi connectivity index (χ3v) is 8.02. The molecule has 0 unspecified atom stereocenters. The fourth-order valence-corrected chi connectivity index (χ4v) is 5.64. The lowest BCUT2D eigenvalue weighted by Crippen LogP contribution is -2.38. The summed E-state index contributed by atoms with van der Waals surface area (Å²) in [5.41, 5.74) is 1.50. The largest absolute Gasteiger partial charge is 0.379 e. The van der Waals surface area contributed by atoms with Crippen LogP contribution in [0.4, 0.5) is 5.69 Å². The maximum atomic E-state index is 13.6. The summed E-state index contributed by atoms with van der Waals surface area (Å²) in [6.07, 6.45) is 5.36. The molecule has 0 aliphatic carbocycles. The van der Waals surface area contributed by atoms with Gasteiger partial charge in [-0.2, -0.15) is 23.0 Å². The van der Waals surface area contributed by atoms with Crippen LogP contribution < -0.4 is 0 Å². The van der Waals surface area contributed by atoms with Gasteiger partial charge in [-0.05, 0) is 31.0 Å². The molecule has 0 N–H and O–H groups in total. The Kier molecular flexibility index (Phi) is 7.79. The van der Waals surface area contributed by atoms with Crippen LogP contribution in [0.15, 0.2) is 57.2 Å². The van der Waals surface area contributed by atoms with Crippen molar-refractivity contribution in [3.8, 4) is 0 Å². The van der Waals surface area contributed by atoms with E-state index in [2.05, 4.69) is 31.0 Å². The molecule has 35 heavy (non-hydrogen) atoms. The number of nitrogens with zero attached hydrogens (tertiary/aromatic N) is 6. The highest BCUT2D eigenvalue weighted by Gasteiger charge is 2.27. The number of hydrazone groups is 1. The van der Waals surface area contributed by atoms with Crippen molar-refractivity contribution < 1.29 is 18.1 Å². The zero-order chi connectivity index (χ0) is 25.0. The molecule has 4 rings (SSSR count). The summed E-state index contributed by atoms with van der Waals surface area (Å²) in [5.74, 6) is 0. The normalized spacial score (nSPS) is 15.1. The van der Waals surface area contributed by atoms with Crippen molar-refractivity contribution in [1.29, 1.82) is 0 Å². The number of ether oxygens (including phenoxy) is 1. The number of non-ortho nitro benzene ring substituents is 1.